The highest BCUT2D eigenvalue weighted by Crippen LogP contribution is 2.04. The summed E-state index contributed by atoms with van der Waals surface area (Å²) < 4.78 is 0. The van der Waals surface area contributed by atoms with Crippen LogP contribution in [0.5, 0.6) is 0 Å². The molecule has 3 amide bonds. The number of rotatable bonds is 18. The van der Waals surface area contributed by atoms with Crippen molar-refractivity contribution in [1.82, 2.24) is 25.8 Å². The fourth-order valence-electron chi connectivity index (χ4n) is 3.18. The molecule has 204 valence electrons. The monoisotopic (exact) mass is 525 g/mol. The van der Waals surface area contributed by atoms with Gasteiger partial charge in [-0.3, -0.25) is 24.3 Å². The largest absolute Gasteiger partial charge is 0.481 e. The van der Waals surface area contributed by atoms with Gasteiger partial charge in [0.1, 0.15) is 12.1 Å². The summed E-state index contributed by atoms with van der Waals surface area (Å²) in [6, 6.07) is 1.26. The van der Waals surface area contributed by atoms with Crippen LogP contribution in [0.25, 0.3) is 0 Å². The smallest absolute Gasteiger partial charge is 0.326 e. The Kier molecular flexibility index (Phi) is 13.6. The molecule has 0 spiro atoms. The van der Waals surface area contributed by atoms with Crippen molar-refractivity contribution in [3.8, 4) is 0 Å². The van der Waals surface area contributed by atoms with Crippen LogP contribution in [0, 0.1) is 0 Å². The lowest BCUT2D eigenvalue weighted by atomic mass is 10.1. The molecule has 1 heterocycles. The number of carbonyl (C=O) groups excluding carboxylic acids is 2. The van der Waals surface area contributed by atoms with Gasteiger partial charge >= 0.3 is 29.9 Å². The lowest BCUT2D eigenvalue weighted by Crippen LogP contribution is -2.51. The zero-order chi connectivity index (χ0) is 27.8. The number of aromatic nitrogens is 1. The maximum Gasteiger partial charge on any atom is 0.326 e. The zero-order valence-electron chi connectivity index (χ0n) is 20.0. The molecule has 1 aromatic heterocycles. The van der Waals surface area contributed by atoms with E-state index in [1.54, 1.807) is 24.4 Å². The van der Waals surface area contributed by atoms with Crippen molar-refractivity contribution in [1.29, 1.82) is 0 Å². The Morgan fingerprint density at radius 1 is 0.838 bits per heavy atom. The molecule has 1 rings (SSSR count). The van der Waals surface area contributed by atoms with Gasteiger partial charge in [-0.05, 0) is 37.8 Å². The van der Waals surface area contributed by atoms with Crippen molar-refractivity contribution in [3.63, 3.8) is 0 Å². The van der Waals surface area contributed by atoms with Crippen LogP contribution >= 0.6 is 0 Å². The number of urea groups is 1. The van der Waals surface area contributed by atoms with E-state index in [9.17, 15) is 33.9 Å². The number of nitrogens with zero attached hydrogens (tertiary/aromatic N) is 2. The van der Waals surface area contributed by atoms with Gasteiger partial charge in [0.2, 0.25) is 5.91 Å². The molecule has 0 saturated heterocycles. The van der Waals surface area contributed by atoms with Gasteiger partial charge in [-0.2, -0.15) is 0 Å². The summed E-state index contributed by atoms with van der Waals surface area (Å²) in [6.07, 6.45) is 1.31. The number of nitrogens with one attached hydrogen (secondary N) is 3. The van der Waals surface area contributed by atoms with Crippen LogP contribution in [0.2, 0.25) is 0 Å². The predicted octanol–water partition coefficient (Wildman–Crippen LogP) is -0.675. The van der Waals surface area contributed by atoms with Crippen molar-refractivity contribution in [3.05, 3.63) is 30.1 Å². The van der Waals surface area contributed by atoms with Gasteiger partial charge in [-0.15, -0.1) is 0 Å². The van der Waals surface area contributed by atoms with Crippen LogP contribution in [-0.2, 0) is 30.5 Å². The third-order valence-corrected chi connectivity index (χ3v) is 4.93. The van der Waals surface area contributed by atoms with E-state index in [-0.39, 0.29) is 45.4 Å². The normalized spacial score (nSPS) is 12.2. The molecule has 0 aliphatic carbocycles. The Labute approximate surface area is 211 Å². The van der Waals surface area contributed by atoms with Gasteiger partial charge in [0, 0.05) is 25.7 Å². The lowest BCUT2D eigenvalue weighted by molar-refractivity contribution is -0.141. The van der Waals surface area contributed by atoms with Crippen LogP contribution in [0.4, 0.5) is 4.79 Å². The molecule has 0 radical (unpaired) electrons. The molecule has 0 saturated carbocycles. The summed E-state index contributed by atoms with van der Waals surface area (Å²) in [5.41, 5.74) is 0.601. The number of hydrogen-bond acceptors (Lipinski definition) is 8. The fraction of sp³-hybridized carbons (Fsp3) is 0.500. The van der Waals surface area contributed by atoms with Gasteiger partial charge in [0.25, 0.3) is 0 Å². The van der Waals surface area contributed by atoms with Crippen molar-refractivity contribution >= 4 is 35.8 Å². The Hall–Kier alpha value is -4.27. The average Bonchev–Trinajstić information content (AvgIpc) is 2.80. The maximum atomic E-state index is 12.2. The van der Waals surface area contributed by atoms with E-state index in [1.807, 2.05) is 5.32 Å². The highest BCUT2D eigenvalue weighted by molar-refractivity contribution is 5.86. The number of hydrogen-bond donors (Lipinski definition) is 7. The zero-order valence-corrected chi connectivity index (χ0v) is 20.0. The van der Waals surface area contributed by atoms with Crippen molar-refractivity contribution in [2.45, 2.75) is 50.7 Å². The van der Waals surface area contributed by atoms with E-state index < -0.39 is 54.3 Å². The van der Waals surface area contributed by atoms with Crippen LogP contribution < -0.4 is 16.0 Å². The molecular formula is C22H31N5O10. The second-order valence-electron chi connectivity index (χ2n) is 8.04. The van der Waals surface area contributed by atoms with Crippen LogP contribution in [0.1, 0.15) is 37.8 Å². The number of unbranched alkanes of at least 4 members (excludes halogenated alkanes) is 1. The van der Waals surface area contributed by atoms with Crippen molar-refractivity contribution < 1.29 is 49.2 Å². The van der Waals surface area contributed by atoms with Crippen LogP contribution in [0.15, 0.2) is 24.4 Å². The van der Waals surface area contributed by atoms with Gasteiger partial charge in [0.15, 0.2) is 0 Å². The average molecular weight is 526 g/mol. The first-order chi connectivity index (χ1) is 17.5. The van der Waals surface area contributed by atoms with E-state index in [4.69, 9.17) is 15.3 Å². The first-order valence-electron chi connectivity index (χ1n) is 11.3. The molecule has 15 nitrogen and oxygen atoms in total. The predicted molar refractivity (Wildman–Crippen MR) is 125 cm³/mol. The van der Waals surface area contributed by atoms with Gasteiger partial charge in [-0.25, -0.2) is 14.4 Å². The molecule has 0 fully saturated rings. The molecular weight excluding hydrogens is 494 g/mol. The Morgan fingerprint density at radius 3 is 2.03 bits per heavy atom. The van der Waals surface area contributed by atoms with E-state index in [2.05, 4.69) is 15.6 Å². The van der Waals surface area contributed by atoms with Crippen LogP contribution in [-0.4, -0.2) is 97.8 Å². The van der Waals surface area contributed by atoms with Crippen molar-refractivity contribution in [2.75, 3.05) is 19.6 Å². The molecule has 0 unspecified atom stereocenters. The Balaban J connectivity index is 2.44. The molecule has 7 N–H and O–H groups in total. The minimum absolute atomic E-state index is 0.0176. The molecule has 0 aliphatic heterocycles. The second kappa shape index (κ2) is 16.4. The van der Waals surface area contributed by atoms with E-state index in [0.717, 1.165) is 0 Å². The molecule has 0 aliphatic rings. The standard InChI is InChI=1S/C22H31N5O10/c28-17(12-27(13-19(31)32)11-14-5-1-3-9-23-14)24-10-4-2-6-15(20(33)34)25-22(37)26-16(21(35)36)7-8-18(29)30/h1,3,5,9,15-16H,2,4,6-8,10-13H2,(H,24,28)(H,29,30)(H,31,32)(H,33,34)(H,35,36)(H2,25,26,37)/t15-,16-/m0/s1. The summed E-state index contributed by atoms with van der Waals surface area (Å²) in [6.45, 7) is -0.211. The molecule has 0 bridgehead atoms. The molecule has 1 aromatic rings. The highest BCUT2D eigenvalue weighted by atomic mass is 16.4. The number of carbonyl (C=O) groups is 6. The quantitative estimate of drug-likeness (QED) is 0.118. The van der Waals surface area contributed by atoms with E-state index in [0.29, 0.717) is 12.1 Å². The summed E-state index contributed by atoms with van der Waals surface area (Å²) in [5, 5.41) is 42.9. The van der Waals surface area contributed by atoms with Crippen molar-refractivity contribution in [2.24, 2.45) is 0 Å². The van der Waals surface area contributed by atoms with Gasteiger partial charge in [0.05, 0.1) is 18.8 Å². The van der Waals surface area contributed by atoms with E-state index in [1.165, 1.54) is 4.90 Å². The summed E-state index contributed by atoms with van der Waals surface area (Å²) in [5.74, 6) is -5.58. The molecule has 37 heavy (non-hydrogen) atoms. The number of carboxylic acid groups (broad SMARTS) is 4. The number of carboxylic acids is 4. The Morgan fingerprint density at radius 2 is 1.49 bits per heavy atom. The second-order valence-corrected chi connectivity index (χ2v) is 8.04. The van der Waals surface area contributed by atoms with Gasteiger partial charge in [-0.1, -0.05) is 6.07 Å². The highest BCUT2D eigenvalue weighted by Gasteiger charge is 2.24. The number of aliphatic carboxylic acids is 4. The number of pyridine rings is 1. The van der Waals surface area contributed by atoms with Gasteiger partial charge < -0.3 is 36.4 Å². The lowest BCUT2D eigenvalue weighted by Gasteiger charge is -2.19. The van der Waals surface area contributed by atoms with E-state index >= 15 is 0 Å². The SMILES string of the molecule is O=C(O)CC[C@H](NC(=O)N[C@@H](CCCCNC(=O)CN(CC(=O)O)Cc1ccccn1)C(=O)O)C(=O)O. The first kappa shape index (κ1) is 30.8. The summed E-state index contributed by atoms with van der Waals surface area (Å²) >= 11 is 0. The third-order valence-electron chi connectivity index (χ3n) is 4.93. The first-order valence-corrected chi connectivity index (χ1v) is 11.3. The molecule has 0 aromatic carbocycles. The fourth-order valence-corrected chi connectivity index (χ4v) is 3.18. The van der Waals surface area contributed by atoms with Crippen LogP contribution in [0.3, 0.4) is 0 Å². The summed E-state index contributed by atoms with van der Waals surface area (Å²) in [4.78, 5) is 74.0. The number of amides is 3. The maximum absolute atomic E-state index is 12.2. The minimum Gasteiger partial charge on any atom is -0.481 e. The molecule has 15 heteroatoms. The Bertz CT molecular complexity index is 943. The third kappa shape index (κ3) is 14.0. The summed E-state index contributed by atoms with van der Waals surface area (Å²) in [7, 11) is 0. The minimum atomic E-state index is -1.50. The topological polar surface area (TPSA) is 236 Å². The molecule has 2 atom stereocenters.